The Bertz CT molecular complexity index is 415. The molecule has 0 aliphatic rings. The molecule has 1 aromatic rings. The molecule has 0 saturated heterocycles. The van der Waals surface area contributed by atoms with Gasteiger partial charge in [0.1, 0.15) is 0 Å². The zero-order chi connectivity index (χ0) is 15.1. The SMILES string of the molecule is CC(C)CC(O)CNC(=O)Nc1cnn(CC(C)C)c1. The summed E-state index contributed by atoms with van der Waals surface area (Å²) in [5.41, 5.74) is 0.654. The molecule has 0 fully saturated rings. The van der Waals surface area contributed by atoms with Crippen LogP contribution in [0.3, 0.4) is 0 Å². The van der Waals surface area contributed by atoms with E-state index < -0.39 is 6.10 Å². The first-order chi connectivity index (χ1) is 9.36. The standard InChI is InChI=1S/C14H26N4O2/c1-10(2)5-13(19)7-15-14(20)17-12-6-16-18(9-12)8-11(3)4/h6,9-11,13,19H,5,7-8H2,1-4H3,(H2,15,17,20). The zero-order valence-corrected chi connectivity index (χ0v) is 12.8. The van der Waals surface area contributed by atoms with Gasteiger partial charge in [-0.25, -0.2) is 4.79 Å². The van der Waals surface area contributed by atoms with E-state index in [0.29, 0.717) is 23.9 Å². The largest absolute Gasteiger partial charge is 0.391 e. The van der Waals surface area contributed by atoms with Gasteiger partial charge in [0, 0.05) is 19.3 Å². The number of aliphatic hydroxyl groups excluding tert-OH is 1. The average Bonchev–Trinajstić information content (AvgIpc) is 2.72. The number of nitrogens with zero attached hydrogens (tertiary/aromatic N) is 2. The van der Waals surface area contributed by atoms with Crippen LogP contribution in [-0.2, 0) is 6.54 Å². The molecular formula is C14H26N4O2. The van der Waals surface area contributed by atoms with Crippen LogP contribution in [0.4, 0.5) is 10.5 Å². The predicted octanol–water partition coefficient (Wildman–Crippen LogP) is 2.07. The Labute approximate surface area is 120 Å². The van der Waals surface area contributed by atoms with Gasteiger partial charge in [-0.15, -0.1) is 0 Å². The number of aromatic nitrogens is 2. The average molecular weight is 282 g/mol. The van der Waals surface area contributed by atoms with E-state index in [-0.39, 0.29) is 12.6 Å². The van der Waals surface area contributed by atoms with Gasteiger partial charge >= 0.3 is 6.03 Å². The van der Waals surface area contributed by atoms with Crippen molar-refractivity contribution in [2.24, 2.45) is 11.8 Å². The van der Waals surface area contributed by atoms with Crippen molar-refractivity contribution >= 4 is 11.7 Å². The molecule has 0 saturated carbocycles. The highest BCUT2D eigenvalue weighted by Gasteiger charge is 2.09. The number of hydrogen-bond donors (Lipinski definition) is 3. The minimum atomic E-state index is -0.510. The fraction of sp³-hybridized carbons (Fsp3) is 0.714. The van der Waals surface area contributed by atoms with Gasteiger partial charge in [0.25, 0.3) is 0 Å². The highest BCUT2D eigenvalue weighted by molar-refractivity contribution is 5.88. The second kappa shape index (κ2) is 7.89. The maximum Gasteiger partial charge on any atom is 0.319 e. The summed E-state index contributed by atoms with van der Waals surface area (Å²) in [5.74, 6) is 0.909. The second-order valence-electron chi connectivity index (χ2n) is 5.96. The van der Waals surface area contributed by atoms with E-state index >= 15 is 0 Å². The van der Waals surface area contributed by atoms with Crippen molar-refractivity contribution in [1.82, 2.24) is 15.1 Å². The van der Waals surface area contributed by atoms with E-state index in [4.69, 9.17) is 0 Å². The molecule has 3 N–H and O–H groups in total. The second-order valence-corrected chi connectivity index (χ2v) is 5.96. The lowest BCUT2D eigenvalue weighted by molar-refractivity contribution is 0.148. The van der Waals surface area contributed by atoms with Gasteiger partial charge in [0.05, 0.1) is 18.0 Å². The normalized spacial score (nSPS) is 12.8. The molecule has 0 spiro atoms. The zero-order valence-electron chi connectivity index (χ0n) is 12.8. The summed E-state index contributed by atoms with van der Waals surface area (Å²) in [5, 5.41) is 19.2. The highest BCUT2D eigenvalue weighted by Crippen LogP contribution is 2.07. The molecule has 0 bridgehead atoms. The van der Waals surface area contributed by atoms with Crippen molar-refractivity contribution < 1.29 is 9.90 Å². The third kappa shape index (κ3) is 6.56. The molecule has 1 aromatic heterocycles. The van der Waals surface area contributed by atoms with E-state index in [1.54, 1.807) is 17.1 Å². The quantitative estimate of drug-likeness (QED) is 0.716. The number of carbonyl (C=O) groups is 1. The summed E-state index contributed by atoms with van der Waals surface area (Å²) in [6.07, 6.45) is 3.58. The number of amides is 2. The van der Waals surface area contributed by atoms with Gasteiger partial charge < -0.3 is 15.7 Å². The van der Waals surface area contributed by atoms with Gasteiger partial charge in [0.15, 0.2) is 0 Å². The Balaban J connectivity index is 2.33. The molecule has 2 amide bonds. The maximum absolute atomic E-state index is 11.7. The molecule has 1 unspecified atom stereocenters. The number of carbonyl (C=O) groups excluding carboxylic acids is 1. The van der Waals surface area contributed by atoms with Crippen LogP contribution in [0.2, 0.25) is 0 Å². The van der Waals surface area contributed by atoms with Crippen molar-refractivity contribution in [3.05, 3.63) is 12.4 Å². The number of aliphatic hydroxyl groups is 1. The Hall–Kier alpha value is -1.56. The third-order valence-corrected chi connectivity index (χ3v) is 2.69. The van der Waals surface area contributed by atoms with E-state index in [2.05, 4.69) is 29.6 Å². The molecule has 1 atom stereocenters. The van der Waals surface area contributed by atoms with E-state index in [1.807, 2.05) is 13.8 Å². The van der Waals surface area contributed by atoms with Crippen molar-refractivity contribution in [3.8, 4) is 0 Å². The summed E-state index contributed by atoms with van der Waals surface area (Å²) < 4.78 is 1.80. The Morgan fingerprint density at radius 3 is 2.65 bits per heavy atom. The van der Waals surface area contributed by atoms with Crippen LogP contribution >= 0.6 is 0 Å². The van der Waals surface area contributed by atoms with Crippen LogP contribution < -0.4 is 10.6 Å². The molecule has 114 valence electrons. The number of nitrogens with one attached hydrogen (secondary N) is 2. The van der Waals surface area contributed by atoms with Gasteiger partial charge in [-0.2, -0.15) is 5.10 Å². The van der Waals surface area contributed by atoms with Gasteiger partial charge in [-0.1, -0.05) is 27.7 Å². The molecule has 0 radical (unpaired) electrons. The van der Waals surface area contributed by atoms with Crippen LogP contribution in [0.1, 0.15) is 34.1 Å². The van der Waals surface area contributed by atoms with Crippen molar-refractivity contribution in [1.29, 1.82) is 0 Å². The summed E-state index contributed by atoms with van der Waals surface area (Å²) in [6, 6.07) is -0.322. The lowest BCUT2D eigenvalue weighted by atomic mass is 10.1. The minimum absolute atomic E-state index is 0.254. The van der Waals surface area contributed by atoms with E-state index in [0.717, 1.165) is 6.54 Å². The number of rotatable bonds is 7. The molecule has 0 aromatic carbocycles. The molecule has 1 heterocycles. The van der Waals surface area contributed by atoms with Crippen LogP contribution in [0.5, 0.6) is 0 Å². The van der Waals surface area contributed by atoms with Crippen LogP contribution in [0.15, 0.2) is 12.4 Å². The summed E-state index contributed by atoms with van der Waals surface area (Å²) in [7, 11) is 0. The van der Waals surface area contributed by atoms with Gasteiger partial charge in [-0.3, -0.25) is 4.68 Å². The maximum atomic E-state index is 11.7. The Morgan fingerprint density at radius 1 is 1.35 bits per heavy atom. The predicted molar refractivity (Wildman–Crippen MR) is 79.5 cm³/mol. The Morgan fingerprint density at radius 2 is 2.05 bits per heavy atom. The van der Waals surface area contributed by atoms with Crippen LogP contribution in [0.25, 0.3) is 0 Å². The first-order valence-corrected chi connectivity index (χ1v) is 7.12. The van der Waals surface area contributed by atoms with Crippen LogP contribution in [-0.4, -0.2) is 33.6 Å². The monoisotopic (exact) mass is 282 g/mol. The number of anilines is 1. The Kier molecular flexibility index (Phi) is 6.51. The lowest BCUT2D eigenvalue weighted by Crippen LogP contribution is -2.35. The fourth-order valence-corrected chi connectivity index (χ4v) is 1.92. The molecule has 0 aliphatic heterocycles. The molecule has 6 nitrogen and oxygen atoms in total. The summed E-state index contributed by atoms with van der Waals surface area (Å²) in [6.45, 7) is 9.36. The van der Waals surface area contributed by atoms with Crippen molar-refractivity contribution in [2.75, 3.05) is 11.9 Å². The fourth-order valence-electron chi connectivity index (χ4n) is 1.92. The number of hydrogen-bond acceptors (Lipinski definition) is 3. The van der Waals surface area contributed by atoms with E-state index in [9.17, 15) is 9.90 Å². The van der Waals surface area contributed by atoms with Crippen molar-refractivity contribution in [2.45, 2.75) is 46.8 Å². The molecule has 0 aliphatic carbocycles. The third-order valence-electron chi connectivity index (χ3n) is 2.69. The molecule has 6 heteroatoms. The minimum Gasteiger partial charge on any atom is -0.391 e. The first kappa shape index (κ1) is 16.5. The topological polar surface area (TPSA) is 79.2 Å². The molecule has 20 heavy (non-hydrogen) atoms. The smallest absolute Gasteiger partial charge is 0.319 e. The molecule has 1 rings (SSSR count). The highest BCUT2D eigenvalue weighted by atomic mass is 16.3. The number of urea groups is 1. The van der Waals surface area contributed by atoms with Gasteiger partial charge in [0.2, 0.25) is 0 Å². The molecular weight excluding hydrogens is 256 g/mol. The van der Waals surface area contributed by atoms with Crippen molar-refractivity contribution in [3.63, 3.8) is 0 Å². The summed E-state index contributed by atoms with van der Waals surface area (Å²) >= 11 is 0. The lowest BCUT2D eigenvalue weighted by Gasteiger charge is -2.13. The summed E-state index contributed by atoms with van der Waals surface area (Å²) in [4.78, 5) is 11.7. The van der Waals surface area contributed by atoms with Gasteiger partial charge in [-0.05, 0) is 18.3 Å². The first-order valence-electron chi connectivity index (χ1n) is 7.12. The van der Waals surface area contributed by atoms with E-state index in [1.165, 1.54) is 0 Å². The van der Waals surface area contributed by atoms with Crippen LogP contribution in [0, 0.1) is 11.8 Å².